The lowest BCUT2D eigenvalue weighted by molar-refractivity contribution is -0.171. The fourth-order valence-electron chi connectivity index (χ4n) is 5.19. The summed E-state index contributed by atoms with van der Waals surface area (Å²) in [6, 6.07) is 0. The van der Waals surface area contributed by atoms with Crippen LogP contribution in [0.3, 0.4) is 0 Å². The molecule has 2 fully saturated rings. The Labute approximate surface area is 365 Å². The van der Waals surface area contributed by atoms with Gasteiger partial charge in [0.25, 0.3) is 0 Å². The van der Waals surface area contributed by atoms with Crippen LogP contribution in [-0.2, 0) is 41.5 Å². The van der Waals surface area contributed by atoms with Crippen molar-refractivity contribution in [3.8, 4) is 0 Å². The van der Waals surface area contributed by atoms with Crippen LogP contribution in [0.25, 0.3) is 0 Å². The van der Waals surface area contributed by atoms with Gasteiger partial charge in [-0.15, -0.1) is 23.5 Å². The molecule has 332 valence electrons. The van der Waals surface area contributed by atoms with Gasteiger partial charge >= 0.3 is 5.97 Å². The molecule has 4 aromatic heterocycles. The number of carboxylic acids is 1. The Morgan fingerprint density at radius 3 is 1.37 bits per heavy atom. The number of nitrogens with one attached hydrogen (secondary N) is 4. The zero-order chi connectivity index (χ0) is 44.5. The molecule has 6 rings (SSSR count). The number of aliphatic hydroxyl groups excluding tert-OH is 2. The van der Waals surface area contributed by atoms with E-state index in [2.05, 4.69) is 82.7 Å². The van der Waals surface area contributed by atoms with Crippen molar-refractivity contribution in [3.63, 3.8) is 0 Å². The van der Waals surface area contributed by atoms with E-state index in [1.165, 1.54) is 22.7 Å². The van der Waals surface area contributed by atoms with Crippen molar-refractivity contribution in [2.75, 3.05) is 36.8 Å². The first-order chi connectivity index (χ1) is 28.4. The minimum atomic E-state index is -2.20. The van der Waals surface area contributed by atoms with Crippen LogP contribution >= 0.6 is 46.2 Å². The lowest BCUT2D eigenvalue weighted by Gasteiger charge is -2.20. The van der Waals surface area contributed by atoms with E-state index >= 15 is 0 Å². The molecule has 2 aliphatic heterocycles. The van der Waals surface area contributed by atoms with Crippen molar-refractivity contribution in [1.29, 1.82) is 0 Å². The summed E-state index contributed by atoms with van der Waals surface area (Å²) in [5.74, 6) is 3.19. The van der Waals surface area contributed by atoms with Gasteiger partial charge in [0.2, 0.25) is 29.7 Å². The van der Waals surface area contributed by atoms with Gasteiger partial charge in [-0.1, -0.05) is 64.2 Å². The number of aliphatic carboxylic acids is 1. The number of carbonyl (C=O) groups is 4. The third kappa shape index (κ3) is 17.3. The Morgan fingerprint density at radius 1 is 0.717 bits per heavy atom. The molecule has 2 amide bonds. The number of amides is 2. The Bertz CT molecular complexity index is 1790. The van der Waals surface area contributed by atoms with Gasteiger partial charge in [0.1, 0.15) is 18.3 Å². The van der Waals surface area contributed by atoms with Crippen molar-refractivity contribution in [2.24, 2.45) is 11.8 Å². The van der Waals surface area contributed by atoms with Crippen molar-refractivity contribution in [2.45, 2.75) is 110 Å². The van der Waals surface area contributed by atoms with Gasteiger partial charge in [-0.2, -0.15) is 0 Å². The second-order valence-electron chi connectivity index (χ2n) is 15.5. The molecule has 2 aliphatic rings. The molecular weight excluding hydrogens is 857 g/mol. The lowest BCUT2D eigenvalue weighted by Crippen LogP contribution is -2.34. The van der Waals surface area contributed by atoms with Crippen molar-refractivity contribution in [1.82, 2.24) is 30.6 Å². The second kappa shape index (κ2) is 24.6. The summed E-state index contributed by atoms with van der Waals surface area (Å²) in [4.78, 5) is 59.4. The highest BCUT2D eigenvalue weighted by Crippen LogP contribution is 2.34. The maximum Gasteiger partial charge on any atom is 0.337 e. The summed E-state index contributed by atoms with van der Waals surface area (Å²) in [6.07, 6.45) is 6.43. The van der Waals surface area contributed by atoms with Gasteiger partial charge in [0.05, 0.1) is 44.7 Å². The predicted molar refractivity (Wildman–Crippen MR) is 231 cm³/mol. The van der Waals surface area contributed by atoms with E-state index in [0.717, 1.165) is 71.8 Å². The number of hydrogen-bond donors (Lipinski definition) is 8. The molecular formula is C38H56N8O10S4. The lowest BCUT2D eigenvalue weighted by atomic mass is 9.94. The largest absolute Gasteiger partial charge is 0.479 e. The number of oxazole rings is 2. The van der Waals surface area contributed by atoms with Crippen LogP contribution in [-0.4, -0.2) is 104 Å². The van der Waals surface area contributed by atoms with E-state index < -0.39 is 18.4 Å². The second-order valence-corrected chi connectivity index (χ2v) is 20.1. The molecule has 0 aromatic carbocycles. The summed E-state index contributed by atoms with van der Waals surface area (Å²) in [5, 5.41) is 45.5. The number of aromatic nitrogens is 4. The summed E-state index contributed by atoms with van der Waals surface area (Å²) < 4.78 is 13.7. The molecule has 0 spiro atoms. The standard InChI is InChI=1S/2C17H24N4O2S2.C3H6O5.CH2O/c2*1-17(2,3)12-8-19-13(23-12)10-24-14-9-20-16(25-14)21-15(22)11-4-6-18-7-5-11;4-1(2(5)6)3(7)8;1-2/h2*8-9,11,18H,4-7,10H2,1-3H3,(H,20,21,22);1-2,4-6H,(H,7,8);1H2/t;;1-;/m..1./s1. The summed E-state index contributed by atoms with van der Waals surface area (Å²) in [5.41, 5.74) is -0.0704. The van der Waals surface area contributed by atoms with Gasteiger partial charge in [-0.05, 0) is 51.9 Å². The number of carboxylic acid groups (broad SMARTS) is 1. The molecule has 0 saturated carbocycles. The number of carbonyl (C=O) groups excluding carboxylic acids is 3. The highest BCUT2D eigenvalue weighted by molar-refractivity contribution is 8.00. The van der Waals surface area contributed by atoms with Crippen LogP contribution in [0.15, 0.2) is 42.0 Å². The first-order valence-corrected chi connectivity index (χ1v) is 22.7. The SMILES string of the molecule is C=O.CC(C)(C)c1cnc(CSc2cnc(NC(=O)C3CCNCC3)s2)o1.CC(C)(C)c1cnc(CSc2cnc(NC(=O)C3CCNCC3)s2)o1.O=C(O)[C@H](O)C(O)O. The molecule has 2 saturated heterocycles. The maximum absolute atomic E-state index is 12.2. The molecule has 0 unspecified atom stereocenters. The highest BCUT2D eigenvalue weighted by Gasteiger charge is 2.24. The first-order valence-electron chi connectivity index (χ1n) is 19.1. The Kier molecular flexibility index (Phi) is 20.8. The van der Waals surface area contributed by atoms with Crippen LogP contribution < -0.4 is 21.3 Å². The first kappa shape index (κ1) is 50.6. The normalized spacial score (nSPS) is 15.4. The number of aliphatic hydroxyl groups is 3. The van der Waals surface area contributed by atoms with Gasteiger partial charge in [0.15, 0.2) is 16.6 Å². The number of anilines is 2. The fraction of sp³-hybridized carbons (Fsp3) is 0.579. The summed E-state index contributed by atoms with van der Waals surface area (Å²) in [6.45, 7) is 18.2. The van der Waals surface area contributed by atoms with Crippen LogP contribution in [0, 0.1) is 11.8 Å². The molecule has 4 aromatic rings. The van der Waals surface area contributed by atoms with E-state index in [9.17, 15) is 14.4 Å². The third-order valence-electron chi connectivity index (χ3n) is 8.65. The fourth-order valence-corrected chi connectivity index (χ4v) is 8.65. The molecule has 22 heteroatoms. The van der Waals surface area contributed by atoms with E-state index in [4.69, 9.17) is 34.1 Å². The van der Waals surface area contributed by atoms with Crippen LogP contribution in [0.1, 0.15) is 90.5 Å². The Morgan fingerprint density at radius 2 is 1.08 bits per heavy atom. The molecule has 0 aliphatic carbocycles. The maximum atomic E-state index is 12.2. The van der Waals surface area contributed by atoms with E-state index in [1.54, 1.807) is 48.3 Å². The van der Waals surface area contributed by atoms with Gasteiger partial charge in [-0.25, -0.2) is 24.7 Å². The van der Waals surface area contributed by atoms with Crippen molar-refractivity contribution >= 4 is 81.0 Å². The highest BCUT2D eigenvalue weighted by atomic mass is 32.2. The molecule has 1 atom stereocenters. The monoisotopic (exact) mass is 912 g/mol. The van der Waals surface area contributed by atoms with Crippen LogP contribution in [0.4, 0.5) is 10.3 Å². The number of thiazole rings is 2. The molecule has 8 N–H and O–H groups in total. The third-order valence-corrected chi connectivity index (χ3v) is 12.8. The molecule has 0 bridgehead atoms. The quantitative estimate of drug-likeness (QED) is 0.0695. The average molecular weight is 913 g/mol. The Hall–Kier alpha value is -3.74. The minimum Gasteiger partial charge on any atom is -0.479 e. The van der Waals surface area contributed by atoms with Crippen LogP contribution in [0.5, 0.6) is 0 Å². The van der Waals surface area contributed by atoms with Crippen molar-refractivity contribution in [3.05, 3.63) is 48.1 Å². The molecule has 6 heterocycles. The molecule has 0 radical (unpaired) electrons. The van der Waals surface area contributed by atoms with Crippen LogP contribution in [0.2, 0.25) is 0 Å². The molecule has 18 nitrogen and oxygen atoms in total. The molecule has 60 heavy (non-hydrogen) atoms. The number of nitrogens with zero attached hydrogens (tertiary/aromatic N) is 4. The van der Waals surface area contributed by atoms with Gasteiger partial charge < -0.3 is 55.3 Å². The Balaban J connectivity index is 0.000000263. The number of rotatable bonds is 12. The predicted octanol–water partition coefficient (Wildman–Crippen LogP) is 4.88. The average Bonchev–Trinajstić information content (AvgIpc) is 4.06. The van der Waals surface area contributed by atoms with E-state index in [0.29, 0.717) is 33.6 Å². The smallest absolute Gasteiger partial charge is 0.337 e. The number of hydrogen-bond acceptors (Lipinski definition) is 19. The van der Waals surface area contributed by atoms with E-state index in [-0.39, 0.29) is 34.5 Å². The minimum absolute atomic E-state index is 0.0352. The van der Waals surface area contributed by atoms with Gasteiger partial charge in [-0.3, -0.25) is 9.59 Å². The summed E-state index contributed by atoms with van der Waals surface area (Å²) in [7, 11) is 0. The van der Waals surface area contributed by atoms with Gasteiger partial charge in [0, 0.05) is 22.7 Å². The number of piperidine rings is 2. The van der Waals surface area contributed by atoms with E-state index in [1.807, 2.05) is 6.79 Å². The zero-order valence-electron chi connectivity index (χ0n) is 34.6. The number of thioether (sulfide) groups is 2. The zero-order valence-corrected chi connectivity index (χ0v) is 37.8. The topological polar surface area (TPSA) is 275 Å². The summed E-state index contributed by atoms with van der Waals surface area (Å²) >= 11 is 6.22. The van der Waals surface area contributed by atoms with Crippen molar-refractivity contribution < 1.29 is 48.4 Å².